The SMILES string of the molecule is O=C(Nc1ccccc1)[C@H]1C[C@H]2CN(S(=O)(=O)c3ccccc3)C[C@@H]1O2. The minimum Gasteiger partial charge on any atom is -0.371 e. The van der Waals surface area contributed by atoms with Crippen LogP contribution in [0.2, 0.25) is 0 Å². The molecular weight excluding hydrogens is 352 g/mol. The number of sulfonamides is 1. The van der Waals surface area contributed by atoms with Crippen molar-refractivity contribution in [1.29, 1.82) is 0 Å². The topological polar surface area (TPSA) is 75.7 Å². The number of benzene rings is 2. The molecule has 0 aromatic heterocycles. The first-order valence-electron chi connectivity index (χ1n) is 8.60. The minimum atomic E-state index is -3.57. The summed E-state index contributed by atoms with van der Waals surface area (Å²) in [6.45, 7) is 0.476. The summed E-state index contributed by atoms with van der Waals surface area (Å²) < 4.78 is 33.0. The first-order chi connectivity index (χ1) is 12.5. The van der Waals surface area contributed by atoms with E-state index in [0.717, 1.165) is 5.69 Å². The van der Waals surface area contributed by atoms with Gasteiger partial charge in [-0.1, -0.05) is 36.4 Å². The van der Waals surface area contributed by atoms with Crippen molar-refractivity contribution in [3.05, 3.63) is 60.7 Å². The average molecular weight is 372 g/mol. The number of carbonyl (C=O) groups is 1. The molecule has 7 heteroatoms. The zero-order valence-corrected chi connectivity index (χ0v) is 14.9. The second-order valence-corrected chi connectivity index (χ2v) is 8.57. The van der Waals surface area contributed by atoms with Crippen molar-refractivity contribution in [2.75, 3.05) is 18.4 Å². The maximum Gasteiger partial charge on any atom is 0.243 e. The Kier molecular flexibility index (Phi) is 4.52. The van der Waals surface area contributed by atoms with Crippen LogP contribution in [0, 0.1) is 5.92 Å². The van der Waals surface area contributed by atoms with E-state index in [2.05, 4.69) is 5.32 Å². The van der Waals surface area contributed by atoms with Crippen LogP contribution in [-0.4, -0.2) is 43.9 Å². The largest absolute Gasteiger partial charge is 0.371 e. The number of rotatable bonds is 4. The molecule has 6 nitrogen and oxygen atoms in total. The Morgan fingerprint density at radius 1 is 1.00 bits per heavy atom. The third-order valence-corrected chi connectivity index (χ3v) is 6.73. The second kappa shape index (κ2) is 6.83. The van der Waals surface area contributed by atoms with Crippen LogP contribution in [0.1, 0.15) is 6.42 Å². The lowest BCUT2D eigenvalue weighted by Gasteiger charge is -2.31. The van der Waals surface area contributed by atoms with E-state index in [1.807, 2.05) is 30.3 Å². The fourth-order valence-corrected chi connectivity index (χ4v) is 5.10. The maximum absolute atomic E-state index is 12.8. The number of anilines is 1. The second-order valence-electron chi connectivity index (χ2n) is 6.63. The normalized spacial score (nSPS) is 25.8. The molecule has 2 aromatic carbocycles. The number of fused-ring (bicyclic) bond motifs is 2. The molecule has 2 bridgehead atoms. The molecule has 0 spiro atoms. The Morgan fingerprint density at radius 3 is 2.35 bits per heavy atom. The molecule has 2 heterocycles. The lowest BCUT2D eigenvalue weighted by molar-refractivity contribution is -0.122. The van der Waals surface area contributed by atoms with Crippen LogP contribution in [0.3, 0.4) is 0 Å². The summed E-state index contributed by atoms with van der Waals surface area (Å²) >= 11 is 0. The zero-order chi connectivity index (χ0) is 18.1. The standard InChI is InChI=1S/C19H20N2O4S/c22-19(20-14-7-3-1-4-8-14)17-11-15-12-21(13-18(17)25-15)26(23,24)16-9-5-2-6-10-16/h1-10,15,17-18H,11-13H2,(H,20,22)/t15-,17-,18-/m0/s1. The van der Waals surface area contributed by atoms with E-state index in [4.69, 9.17) is 4.74 Å². The monoisotopic (exact) mass is 372 g/mol. The molecule has 0 aliphatic carbocycles. The highest BCUT2D eigenvalue weighted by atomic mass is 32.2. The van der Waals surface area contributed by atoms with Gasteiger partial charge in [-0.3, -0.25) is 4.79 Å². The quantitative estimate of drug-likeness (QED) is 0.892. The van der Waals surface area contributed by atoms with Gasteiger partial charge in [0.25, 0.3) is 0 Å². The molecule has 1 N–H and O–H groups in total. The van der Waals surface area contributed by atoms with E-state index >= 15 is 0 Å². The van der Waals surface area contributed by atoms with Crippen LogP contribution in [0.4, 0.5) is 5.69 Å². The summed E-state index contributed by atoms with van der Waals surface area (Å²) in [7, 11) is -3.57. The zero-order valence-electron chi connectivity index (χ0n) is 14.1. The van der Waals surface area contributed by atoms with Gasteiger partial charge in [0.2, 0.25) is 15.9 Å². The highest BCUT2D eigenvalue weighted by Gasteiger charge is 2.47. The number of hydrogen-bond acceptors (Lipinski definition) is 4. The van der Waals surface area contributed by atoms with Crippen molar-refractivity contribution in [3.8, 4) is 0 Å². The summed E-state index contributed by atoms with van der Waals surface area (Å²) in [5, 5.41) is 2.89. The number of hydrogen-bond donors (Lipinski definition) is 1. The molecule has 0 radical (unpaired) electrons. The number of nitrogens with one attached hydrogen (secondary N) is 1. The maximum atomic E-state index is 12.8. The van der Waals surface area contributed by atoms with E-state index < -0.39 is 16.1 Å². The molecule has 26 heavy (non-hydrogen) atoms. The highest BCUT2D eigenvalue weighted by Crippen LogP contribution is 2.35. The predicted molar refractivity (Wildman–Crippen MR) is 97.0 cm³/mol. The van der Waals surface area contributed by atoms with Crippen molar-refractivity contribution in [3.63, 3.8) is 0 Å². The van der Waals surface area contributed by atoms with Crippen molar-refractivity contribution in [1.82, 2.24) is 4.31 Å². The number of carbonyl (C=O) groups excluding carboxylic acids is 1. The summed E-state index contributed by atoms with van der Waals surface area (Å²) in [6, 6.07) is 17.6. The molecule has 2 aliphatic heterocycles. The summed E-state index contributed by atoms with van der Waals surface area (Å²) in [5.74, 6) is -0.473. The average Bonchev–Trinajstić information content (AvgIpc) is 2.97. The van der Waals surface area contributed by atoms with Crippen LogP contribution in [0.15, 0.2) is 65.6 Å². The summed E-state index contributed by atoms with van der Waals surface area (Å²) in [5.41, 5.74) is 0.729. The molecule has 2 fully saturated rings. The lowest BCUT2D eigenvalue weighted by Crippen LogP contribution is -2.47. The number of ether oxygens (including phenoxy) is 1. The van der Waals surface area contributed by atoms with E-state index in [-0.39, 0.29) is 35.9 Å². The highest BCUT2D eigenvalue weighted by molar-refractivity contribution is 7.89. The van der Waals surface area contributed by atoms with E-state index in [1.165, 1.54) is 4.31 Å². The fraction of sp³-hybridized carbons (Fsp3) is 0.316. The Morgan fingerprint density at radius 2 is 1.65 bits per heavy atom. The lowest BCUT2D eigenvalue weighted by atomic mass is 9.99. The molecule has 0 unspecified atom stereocenters. The van der Waals surface area contributed by atoms with Crippen molar-refractivity contribution in [2.24, 2.45) is 5.92 Å². The van der Waals surface area contributed by atoms with Crippen molar-refractivity contribution < 1.29 is 17.9 Å². The third-order valence-electron chi connectivity index (χ3n) is 4.88. The van der Waals surface area contributed by atoms with Crippen LogP contribution in [0.25, 0.3) is 0 Å². The van der Waals surface area contributed by atoms with Gasteiger partial charge in [0.15, 0.2) is 0 Å². The molecule has 3 atom stereocenters. The minimum absolute atomic E-state index is 0.123. The summed E-state index contributed by atoms with van der Waals surface area (Å²) in [4.78, 5) is 12.9. The number of nitrogens with zero attached hydrogens (tertiary/aromatic N) is 1. The van der Waals surface area contributed by atoms with Crippen LogP contribution in [-0.2, 0) is 19.6 Å². The molecule has 2 aliphatic rings. The Bertz CT molecular complexity index is 886. The molecule has 1 amide bonds. The molecule has 2 saturated heterocycles. The molecule has 4 rings (SSSR count). The smallest absolute Gasteiger partial charge is 0.243 e. The molecule has 2 aromatic rings. The number of para-hydroxylation sites is 1. The van der Waals surface area contributed by atoms with E-state index in [9.17, 15) is 13.2 Å². The van der Waals surface area contributed by atoms with E-state index in [0.29, 0.717) is 6.42 Å². The predicted octanol–water partition coefficient (Wildman–Crippen LogP) is 2.10. The van der Waals surface area contributed by atoms with Gasteiger partial charge in [0.1, 0.15) is 0 Å². The van der Waals surface area contributed by atoms with Gasteiger partial charge in [0, 0.05) is 18.8 Å². The van der Waals surface area contributed by atoms with Crippen molar-refractivity contribution in [2.45, 2.75) is 23.5 Å². The third kappa shape index (κ3) is 3.25. The Hall–Kier alpha value is -2.22. The van der Waals surface area contributed by atoms with Gasteiger partial charge in [-0.05, 0) is 30.7 Å². The fourth-order valence-electron chi connectivity index (χ4n) is 3.59. The van der Waals surface area contributed by atoms with Gasteiger partial charge < -0.3 is 10.1 Å². The van der Waals surface area contributed by atoms with Gasteiger partial charge in [-0.2, -0.15) is 4.31 Å². The molecular formula is C19H20N2O4S. The Balaban J connectivity index is 1.49. The van der Waals surface area contributed by atoms with Crippen LogP contribution in [0.5, 0.6) is 0 Å². The number of morpholine rings is 1. The number of amides is 1. The molecule has 0 saturated carbocycles. The summed E-state index contributed by atoms with van der Waals surface area (Å²) in [6.07, 6.45) is -0.140. The van der Waals surface area contributed by atoms with Crippen LogP contribution < -0.4 is 5.32 Å². The van der Waals surface area contributed by atoms with Gasteiger partial charge in [-0.25, -0.2) is 8.42 Å². The first-order valence-corrected chi connectivity index (χ1v) is 10.0. The van der Waals surface area contributed by atoms with Crippen LogP contribution >= 0.6 is 0 Å². The molecule has 136 valence electrons. The van der Waals surface area contributed by atoms with E-state index in [1.54, 1.807) is 30.3 Å². The van der Waals surface area contributed by atoms with Gasteiger partial charge in [0.05, 0.1) is 23.0 Å². The van der Waals surface area contributed by atoms with Gasteiger partial charge >= 0.3 is 0 Å². The Labute approximate surface area is 152 Å². The van der Waals surface area contributed by atoms with Crippen molar-refractivity contribution >= 4 is 21.6 Å². The van der Waals surface area contributed by atoms with Gasteiger partial charge in [-0.15, -0.1) is 0 Å². The first kappa shape index (κ1) is 17.2.